The van der Waals surface area contributed by atoms with Crippen LogP contribution in [0.5, 0.6) is 0 Å². The van der Waals surface area contributed by atoms with Crippen LogP contribution in [0.2, 0.25) is 10.0 Å². The number of carbonyl (C=O) groups is 1. The van der Waals surface area contributed by atoms with E-state index in [4.69, 9.17) is 28.9 Å². The molecule has 0 aliphatic carbocycles. The number of likely N-dealkylation sites (tertiary alicyclic amines) is 1. The van der Waals surface area contributed by atoms with Crippen LogP contribution in [0.15, 0.2) is 36.4 Å². The molecule has 3 rings (SSSR count). The highest BCUT2D eigenvalue weighted by molar-refractivity contribution is 6.39. The average Bonchev–Trinajstić information content (AvgIpc) is 2.66. The highest BCUT2D eigenvalue weighted by Crippen LogP contribution is 2.33. The smallest absolute Gasteiger partial charge is 0.231 e. The summed E-state index contributed by atoms with van der Waals surface area (Å²) in [7, 11) is 0. The summed E-state index contributed by atoms with van der Waals surface area (Å²) in [4.78, 5) is 15.2. The maximum atomic E-state index is 13.5. The predicted octanol–water partition coefficient (Wildman–Crippen LogP) is 5.17. The Morgan fingerprint density at radius 1 is 1.25 bits per heavy atom. The lowest BCUT2D eigenvalue weighted by molar-refractivity contribution is -0.133. The van der Waals surface area contributed by atoms with Crippen LogP contribution in [0.4, 0.5) is 15.8 Å². The Morgan fingerprint density at radius 3 is 2.50 bits per heavy atom. The minimum atomic E-state index is -0.507. The fraction of sp³-hybridized carbons (Fsp3) is 0.381. The number of hydrogen-bond acceptors (Lipinski definition) is 3. The lowest BCUT2D eigenvalue weighted by Crippen LogP contribution is -2.42. The van der Waals surface area contributed by atoms with Crippen molar-refractivity contribution in [2.45, 2.75) is 25.7 Å². The second-order valence-electron chi connectivity index (χ2n) is 7.35. The molecule has 1 aliphatic rings. The van der Waals surface area contributed by atoms with E-state index < -0.39 is 5.92 Å². The first-order valence-corrected chi connectivity index (χ1v) is 10.1. The molecule has 1 unspecified atom stereocenters. The van der Waals surface area contributed by atoms with Crippen molar-refractivity contribution >= 4 is 40.5 Å². The number of nitrogens with two attached hydrogens (primary N) is 1. The van der Waals surface area contributed by atoms with Crippen LogP contribution in [-0.2, 0) is 4.79 Å². The van der Waals surface area contributed by atoms with Gasteiger partial charge in [-0.25, -0.2) is 4.39 Å². The molecule has 0 aromatic heterocycles. The van der Waals surface area contributed by atoms with E-state index in [1.165, 1.54) is 12.1 Å². The first-order valence-electron chi connectivity index (χ1n) is 9.37. The van der Waals surface area contributed by atoms with Gasteiger partial charge in [-0.3, -0.25) is 4.79 Å². The van der Waals surface area contributed by atoms with Gasteiger partial charge >= 0.3 is 0 Å². The van der Waals surface area contributed by atoms with Gasteiger partial charge in [0.15, 0.2) is 0 Å². The minimum absolute atomic E-state index is 0.00714. The summed E-state index contributed by atoms with van der Waals surface area (Å²) in [6, 6.07) is 9.53. The fourth-order valence-corrected chi connectivity index (χ4v) is 3.92. The molecule has 0 radical (unpaired) electrons. The Kier molecular flexibility index (Phi) is 6.68. The summed E-state index contributed by atoms with van der Waals surface area (Å²) in [5, 5.41) is 3.80. The first-order chi connectivity index (χ1) is 13.3. The number of nitrogens with one attached hydrogen (secondary N) is 1. The van der Waals surface area contributed by atoms with Gasteiger partial charge in [0.05, 0.1) is 21.7 Å². The molecule has 1 atom stereocenters. The zero-order valence-electron chi connectivity index (χ0n) is 15.7. The third kappa shape index (κ3) is 4.89. The van der Waals surface area contributed by atoms with Crippen LogP contribution >= 0.6 is 23.2 Å². The number of amides is 1. The quantitative estimate of drug-likeness (QED) is 0.652. The molecule has 3 N–H and O–H groups in total. The van der Waals surface area contributed by atoms with Gasteiger partial charge in [0.1, 0.15) is 5.82 Å². The van der Waals surface area contributed by atoms with E-state index in [0.717, 1.165) is 25.9 Å². The molecule has 2 aromatic rings. The number of piperidine rings is 1. The number of benzene rings is 2. The van der Waals surface area contributed by atoms with E-state index in [-0.39, 0.29) is 11.7 Å². The Balaban J connectivity index is 1.86. The summed E-state index contributed by atoms with van der Waals surface area (Å²) in [5.41, 5.74) is 7.45. The van der Waals surface area contributed by atoms with Crippen molar-refractivity contribution in [2.24, 2.45) is 5.92 Å². The van der Waals surface area contributed by atoms with Crippen molar-refractivity contribution in [3.05, 3.63) is 57.8 Å². The summed E-state index contributed by atoms with van der Waals surface area (Å²) in [6.07, 6.45) is 1.97. The summed E-state index contributed by atoms with van der Waals surface area (Å²) >= 11 is 12.4. The van der Waals surface area contributed by atoms with Crippen LogP contribution in [0.3, 0.4) is 0 Å². The van der Waals surface area contributed by atoms with Gasteiger partial charge in [0.25, 0.3) is 0 Å². The molecule has 1 aliphatic heterocycles. The number of rotatable bonds is 5. The lowest BCUT2D eigenvalue weighted by atomic mass is 9.93. The molecular weight excluding hydrogens is 400 g/mol. The topological polar surface area (TPSA) is 58.4 Å². The van der Waals surface area contributed by atoms with Gasteiger partial charge in [0, 0.05) is 25.3 Å². The Hall–Kier alpha value is -1.98. The number of nitrogen functional groups attached to an aromatic ring is 1. The Labute approximate surface area is 174 Å². The zero-order chi connectivity index (χ0) is 20.3. The van der Waals surface area contributed by atoms with Gasteiger partial charge in [-0.1, -0.05) is 36.2 Å². The molecule has 4 nitrogen and oxygen atoms in total. The van der Waals surface area contributed by atoms with Gasteiger partial charge in [-0.05, 0) is 54.7 Å². The number of carbonyl (C=O) groups excluding carboxylic acids is 1. The van der Waals surface area contributed by atoms with Crippen LogP contribution < -0.4 is 11.1 Å². The second kappa shape index (κ2) is 9.01. The maximum Gasteiger partial charge on any atom is 0.231 e. The number of hydrogen-bond donors (Lipinski definition) is 2. The van der Waals surface area contributed by atoms with Crippen molar-refractivity contribution in [3.8, 4) is 0 Å². The minimum Gasteiger partial charge on any atom is -0.396 e. The van der Waals surface area contributed by atoms with Crippen molar-refractivity contribution in [1.29, 1.82) is 0 Å². The average molecular weight is 424 g/mol. The molecule has 28 heavy (non-hydrogen) atoms. The third-order valence-corrected chi connectivity index (χ3v) is 5.86. The van der Waals surface area contributed by atoms with E-state index in [2.05, 4.69) is 12.2 Å². The number of halogens is 3. The van der Waals surface area contributed by atoms with E-state index in [1.54, 1.807) is 24.3 Å². The standard InChI is InChI=1S/C21H24Cl2FN3O/c1-13-5-7-27(8-6-13)21(28)17(12-26-16-4-2-3-15(24)11-16)14-9-18(22)20(25)19(23)10-14/h2-4,9-11,13,17,26H,5-8,12,25H2,1H3. The van der Waals surface area contributed by atoms with Gasteiger partial charge in [-0.15, -0.1) is 0 Å². The van der Waals surface area contributed by atoms with Crippen LogP contribution in [0.25, 0.3) is 0 Å². The zero-order valence-corrected chi connectivity index (χ0v) is 17.2. The largest absolute Gasteiger partial charge is 0.396 e. The van der Waals surface area contributed by atoms with Gasteiger partial charge in [-0.2, -0.15) is 0 Å². The normalized spacial score (nSPS) is 16.1. The number of anilines is 2. The highest BCUT2D eigenvalue weighted by atomic mass is 35.5. The van der Waals surface area contributed by atoms with E-state index in [1.807, 2.05) is 4.90 Å². The van der Waals surface area contributed by atoms with E-state index in [0.29, 0.717) is 39.4 Å². The summed E-state index contributed by atoms with van der Waals surface area (Å²) in [5.74, 6) is -0.218. The molecule has 0 spiro atoms. The highest BCUT2D eigenvalue weighted by Gasteiger charge is 2.29. The third-order valence-electron chi connectivity index (χ3n) is 5.23. The molecule has 7 heteroatoms. The molecule has 1 saturated heterocycles. The van der Waals surface area contributed by atoms with Gasteiger partial charge < -0.3 is 16.0 Å². The van der Waals surface area contributed by atoms with Crippen LogP contribution in [-0.4, -0.2) is 30.4 Å². The molecule has 1 fully saturated rings. The molecule has 1 heterocycles. The summed E-state index contributed by atoms with van der Waals surface area (Å²) < 4.78 is 13.5. The molecule has 0 saturated carbocycles. The van der Waals surface area contributed by atoms with Crippen LogP contribution in [0, 0.1) is 11.7 Å². The van der Waals surface area contributed by atoms with E-state index >= 15 is 0 Å². The Morgan fingerprint density at radius 2 is 1.89 bits per heavy atom. The van der Waals surface area contributed by atoms with Crippen LogP contribution in [0.1, 0.15) is 31.2 Å². The fourth-order valence-electron chi connectivity index (χ4n) is 3.42. The molecule has 2 aromatic carbocycles. The van der Waals surface area contributed by atoms with Crippen molar-refractivity contribution < 1.29 is 9.18 Å². The predicted molar refractivity (Wildman–Crippen MR) is 113 cm³/mol. The molecular formula is C21H24Cl2FN3O. The van der Waals surface area contributed by atoms with Gasteiger partial charge in [0.2, 0.25) is 5.91 Å². The SMILES string of the molecule is CC1CCN(C(=O)C(CNc2cccc(F)c2)c2cc(Cl)c(N)c(Cl)c2)CC1. The monoisotopic (exact) mass is 423 g/mol. The van der Waals surface area contributed by atoms with Crippen molar-refractivity contribution in [2.75, 3.05) is 30.7 Å². The molecule has 0 bridgehead atoms. The lowest BCUT2D eigenvalue weighted by Gasteiger charge is -2.33. The second-order valence-corrected chi connectivity index (χ2v) is 8.16. The van der Waals surface area contributed by atoms with Crippen molar-refractivity contribution in [1.82, 2.24) is 4.90 Å². The first kappa shape index (κ1) is 20.7. The molecule has 150 valence electrons. The van der Waals surface area contributed by atoms with E-state index in [9.17, 15) is 9.18 Å². The summed E-state index contributed by atoms with van der Waals surface area (Å²) in [6.45, 7) is 3.95. The number of nitrogens with zero attached hydrogens (tertiary/aromatic N) is 1. The van der Waals surface area contributed by atoms with Crippen molar-refractivity contribution in [3.63, 3.8) is 0 Å². The molecule has 1 amide bonds. The Bertz CT molecular complexity index is 830. The maximum absolute atomic E-state index is 13.5.